The van der Waals surface area contributed by atoms with Crippen LogP contribution in [0.2, 0.25) is 0 Å². The first-order chi connectivity index (χ1) is 6.72. The largest absolute Gasteiger partial charge is 0.266 e. The van der Waals surface area contributed by atoms with Crippen LogP contribution in [-0.4, -0.2) is 15.1 Å². The molecule has 0 radical (unpaired) electrons. The van der Waals surface area contributed by atoms with E-state index in [-0.39, 0.29) is 0 Å². The molecule has 78 valence electrons. The topological polar surface area (TPSA) is 25.8 Å². The first kappa shape index (κ1) is 11.6. The van der Waals surface area contributed by atoms with E-state index in [2.05, 4.69) is 9.36 Å². The molecule has 0 aliphatic heterocycles. The molecule has 14 heavy (non-hydrogen) atoms. The number of thioether (sulfide) groups is 1. The number of hydrogen-bond donors (Lipinski definition) is 0. The van der Waals surface area contributed by atoms with Crippen molar-refractivity contribution in [2.24, 2.45) is 0 Å². The second-order valence-electron chi connectivity index (χ2n) is 2.46. The Labute approximate surface area is 89.6 Å². The number of allylic oxidation sites excluding steroid dienone is 1. The molecule has 0 fully saturated rings. The fourth-order valence-electron chi connectivity index (χ4n) is 0.754. The zero-order valence-corrected chi connectivity index (χ0v) is 9.30. The maximum absolute atomic E-state index is 11.6. The summed E-state index contributed by atoms with van der Waals surface area (Å²) in [6, 6.07) is 0. The predicted octanol–water partition coefficient (Wildman–Crippen LogP) is 3.36. The van der Waals surface area contributed by atoms with E-state index in [1.165, 1.54) is 23.3 Å². The first-order valence-electron chi connectivity index (χ1n) is 4.19. The SMILES string of the molecule is CCc1nsc(SCCC=C(F)F)n1. The van der Waals surface area contributed by atoms with Crippen molar-refractivity contribution < 1.29 is 8.78 Å². The van der Waals surface area contributed by atoms with Gasteiger partial charge in [-0.15, -0.1) is 0 Å². The van der Waals surface area contributed by atoms with Gasteiger partial charge in [0, 0.05) is 12.2 Å². The van der Waals surface area contributed by atoms with Gasteiger partial charge in [-0.2, -0.15) is 13.2 Å². The lowest BCUT2D eigenvalue weighted by molar-refractivity contribution is 0.418. The van der Waals surface area contributed by atoms with Crippen molar-refractivity contribution in [2.45, 2.75) is 24.1 Å². The minimum Gasteiger partial charge on any atom is -0.213 e. The summed E-state index contributed by atoms with van der Waals surface area (Å²) in [5.41, 5.74) is 0. The molecule has 1 rings (SSSR count). The van der Waals surface area contributed by atoms with Crippen LogP contribution in [0, 0.1) is 0 Å². The summed E-state index contributed by atoms with van der Waals surface area (Å²) >= 11 is 2.79. The second-order valence-corrected chi connectivity index (χ2v) is 4.55. The van der Waals surface area contributed by atoms with Crippen LogP contribution in [0.25, 0.3) is 0 Å². The van der Waals surface area contributed by atoms with Crippen LogP contribution < -0.4 is 0 Å². The zero-order valence-electron chi connectivity index (χ0n) is 7.67. The van der Waals surface area contributed by atoms with E-state index in [4.69, 9.17) is 0 Å². The highest BCUT2D eigenvalue weighted by Gasteiger charge is 2.01. The van der Waals surface area contributed by atoms with Gasteiger partial charge in [0.05, 0.1) is 0 Å². The third-order valence-electron chi connectivity index (χ3n) is 1.41. The van der Waals surface area contributed by atoms with E-state index in [1.807, 2.05) is 6.92 Å². The molecule has 0 amide bonds. The van der Waals surface area contributed by atoms with Gasteiger partial charge >= 0.3 is 0 Å². The molecule has 0 aliphatic carbocycles. The van der Waals surface area contributed by atoms with Crippen molar-refractivity contribution in [2.75, 3.05) is 5.75 Å². The molecular formula is C8H10F2N2S2. The maximum atomic E-state index is 11.6. The number of aromatic nitrogens is 2. The van der Waals surface area contributed by atoms with Crippen LogP contribution >= 0.6 is 23.3 Å². The quantitative estimate of drug-likeness (QED) is 0.579. The fraction of sp³-hybridized carbons (Fsp3) is 0.500. The Morgan fingerprint density at radius 1 is 1.57 bits per heavy atom. The van der Waals surface area contributed by atoms with E-state index >= 15 is 0 Å². The molecule has 0 atom stereocenters. The smallest absolute Gasteiger partial charge is 0.213 e. The van der Waals surface area contributed by atoms with Gasteiger partial charge in [-0.3, -0.25) is 0 Å². The number of hydrogen-bond acceptors (Lipinski definition) is 4. The maximum Gasteiger partial charge on any atom is 0.266 e. The van der Waals surface area contributed by atoms with Crippen molar-refractivity contribution in [3.05, 3.63) is 18.0 Å². The first-order valence-corrected chi connectivity index (χ1v) is 5.94. The minimum absolute atomic E-state index is 0.369. The summed E-state index contributed by atoms with van der Waals surface area (Å²) in [4.78, 5) is 4.21. The van der Waals surface area contributed by atoms with Crippen molar-refractivity contribution in [3.8, 4) is 0 Å². The van der Waals surface area contributed by atoms with E-state index < -0.39 is 6.08 Å². The van der Waals surface area contributed by atoms with Gasteiger partial charge in [-0.25, -0.2) is 4.98 Å². The van der Waals surface area contributed by atoms with Crippen LogP contribution in [0.4, 0.5) is 8.78 Å². The monoisotopic (exact) mass is 236 g/mol. The van der Waals surface area contributed by atoms with Gasteiger partial charge in [0.1, 0.15) is 5.82 Å². The molecule has 1 aromatic rings. The van der Waals surface area contributed by atoms with Crippen molar-refractivity contribution in [1.29, 1.82) is 0 Å². The van der Waals surface area contributed by atoms with E-state index in [1.54, 1.807) is 0 Å². The molecule has 1 aromatic heterocycles. The Bertz CT molecular complexity index is 308. The molecule has 0 saturated carbocycles. The van der Waals surface area contributed by atoms with E-state index in [0.29, 0.717) is 12.2 Å². The van der Waals surface area contributed by atoms with Gasteiger partial charge in [-0.1, -0.05) is 18.7 Å². The Morgan fingerprint density at radius 2 is 2.36 bits per heavy atom. The number of halogens is 2. The summed E-state index contributed by atoms with van der Waals surface area (Å²) in [5, 5.41) is 0. The Kier molecular flexibility index (Phi) is 5.03. The van der Waals surface area contributed by atoms with Crippen LogP contribution in [0.1, 0.15) is 19.2 Å². The summed E-state index contributed by atoms with van der Waals surface area (Å²) in [5.74, 6) is 1.44. The highest BCUT2D eigenvalue weighted by atomic mass is 32.2. The van der Waals surface area contributed by atoms with Crippen LogP contribution in [0.15, 0.2) is 16.5 Å². The van der Waals surface area contributed by atoms with Crippen LogP contribution in [0.5, 0.6) is 0 Å². The zero-order chi connectivity index (χ0) is 10.4. The lowest BCUT2D eigenvalue weighted by Gasteiger charge is -1.90. The molecular weight excluding hydrogens is 226 g/mol. The molecule has 1 heterocycles. The van der Waals surface area contributed by atoms with Gasteiger partial charge in [0.25, 0.3) is 6.08 Å². The normalized spacial score (nSPS) is 10.2. The Morgan fingerprint density at radius 3 is 2.93 bits per heavy atom. The molecule has 0 aliphatic rings. The average Bonchev–Trinajstić information content (AvgIpc) is 2.60. The predicted molar refractivity (Wildman–Crippen MR) is 54.9 cm³/mol. The number of rotatable bonds is 5. The van der Waals surface area contributed by atoms with Crippen molar-refractivity contribution >= 4 is 23.3 Å². The molecule has 2 nitrogen and oxygen atoms in total. The third-order valence-corrected chi connectivity index (χ3v) is 3.31. The summed E-state index contributed by atoms with van der Waals surface area (Å²) in [6.45, 7) is 1.98. The van der Waals surface area contributed by atoms with Gasteiger partial charge in [-0.05, 0) is 24.0 Å². The lowest BCUT2D eigenvalue weighted by Crippen LogP contribution is -1.81. The summed E-state index contributed by atoms with van der Waals surface area (Å²) in [7, 11) is 0. The standard InChI is InChI=1S/C8H10F2N2S2/c1-2-7-11-8(14-12-7)13-5-3-4-6(9)10/h4H,2-3,5H2,1H3. The molecule has 6 heteroatoms. The Balaban J connectivity index is 2.28. The van der Waals surface area contributed by atoms with Gasteiger partial charge in [0.2, 0.25) is 0 Å². The van der Waals surface area contributed by atoms with E-state index in [9.17, 15) is 8.78 Å². The molecule has 0 bridgehead atoms. The van der Waals surface area contributed by atoms with Gasteiger partial charge in [0.15, 0.2) is 4.34 Å². The molecule has 0 N–H and O–H groups in total. The lowest BCUT2D eigenvalue weighted by atomic mass is 10.5. The highest BCUT2D eigenvalue weighted by molar-refractivity contribution is 8.00. The molecule has 0 spiro atoms. The summed E-state index contributed by atoms with van der Waals surface area (Å²) < 4.78 is 28.2. The molecule has 0 unspecified atom stereocenters. The van der Waals surface area contributed by atoms with Crippen LogP contribution in [0.3, 0.4) is 0 Å². The fourth-order valence-corrected chi connectivity index (χ4v) is 2.41. The second kappa shape index (κ2) is 6.08. The molecule has 0 aromatic carbocycles. The van der Waals surface area contributed by atoms with Crippen molar-refractivity contribution in [3.63, 3.8) is 0 Å². The minimum atomic E-state index is -1.61. The highest BCUT2D eigenvalue weighted by Crippen LogP contribution is 2.21. The number of aryl methyl sites for hydroxylation is 1. The van der Waals surface area contributed by atoms with E-state index in [0.717, 1.165) is 22.7 Å². The third kappa shape index (κ3) is 4.15. The Hall–Kier alpha value is -0.490. The van der Waals surface area contributed by atoms with Crippen LogP contribution in [-0.2, 0) is 6.42 Å². The van der Waals surface area contributed by atoms with Crippen molar-refractivity contribution in [1.82, 2.24) is 9.36 Å². The average molecular weight is 236 g/mol. The molecule has 0 saturated heterocycles. The summed E-state index contributed by atoms with van der Waals surface area (Å²) in [6.07, 6.45) is 0.496. The number of nitrogens with zero attached hydrogens (tertiary/aromatic N) is 2. The van der Waals surface area contributed by atoms with Gasteiger partial charge < -0.3 is 0 Å².